The van der Waals surface area contributed by atoms with E-state index in [0.717, 1.165) is 34.5 Å². The fourth-order valence-corrected chi connectivity index (χ4v) is 3.26. The molecule has 0 atom stereocenters. The summed E-state index contributed by atoms with van der Waals surface area (Å²) < 4.78 is 6.32. The Morgan fingerprint density at radius 3 is 2.94 bits per heavy atom. The zero-order chi connectivity index (χ0) is 13.0. The Bertz CT molecular complexity index is 517. The minimum atomic E-state index is 0.697. The summed E-state index contributed by atoms with van der Waals surface area (Å²) in [6, 6.07) is 0. The standard InChI is InChI=1S/C12H16BrN3OS/c1-9-7-18-11-10(9)14-8-15-12(11)16(4-3-13)5-6-17-2/h7-8H,3-6H2,1-2H3. The minimum absolute atomic E-state index is 0.697. The van der Waals surface area contributed by atoms with Crippen molar-refractivity contribution in [3.63, 3.8) is 0 Å². The van der Waals surface area contributed by atoms with E-state index in [9.17, 15) is 0 Å². The lowest BCUT2D eigenvalue weighted by Gasteiger charge is -2.22. The maximum absolute atomic E-state index is 5.16. The number of ether oxygens (including phenoxy) is 1. The van der Waals surface area contributed by atoms with Gasteiger partial charge >= 0.3 is 0 Å². The number of aryl methyl sites for hydroxylation is 1. The first kappa shape index (κ1) is 13.7. The zero-order valence-corrected chi connectivity index (χ0v) is 12.9. The molecule has 0 unspecified atom stereocenters. The summed E-state index contributed by atoms with van der Waals surface area (Å²) >= 11 is 5.19. The molecule has 2 aromatic rings. The lowest BCUT2D eigenvalue weighted by Crippen LogP contribution is -2.30. The van der Waals surface area contributed by atoms with E-state index >= 15 is 0 Å². The molecule has 0 amide bonds. The van der Waals surface area contributed by atoms with Gasteiger partial charge in [0.15, 0.2) is 0 Å². The molecule has 0 bridgehead atoms. The molecule has 0 saturated heterocycles. The summed E-state index contributed by atoms with van der Waals surface area (Å²) in [6.45, 7) is 4.53. The fourth-order valence-electron chi connectivity index (χ4n) is 1.81. The van der Waals surface area contributed by atoms with Gasteiger partial charge < -0.3 is 9.64 Å². The van der Waals surface area contributed by atoms with Gasteiger partial charge in [-0.15, -0.1) is 11.3 Å². The molecule has 0 saturated carbocycles. The molecule has 0 fully saturated rings. The number of hydrogen-bond acceptors (Lipinski definition) is 5. The van der Waals surface area contributed by atoms with E-state index in [2.05, 4.69) is 43.1 Å². The number of thiophene rings is 1. The highest BCUT2D eigenvalue weighted by Gasteiger charge is 2.14. The van der Waals surface area contributed by atoms with Crippen molar-refractivity contribution < 1.29 is 4.74 Å². The average Bonchev–Trinajstić information content (AvgIpc) is 2.77. The van der Waals surface area contributed by atoms with E-state index in [1.165, 1.54) is 5.56 Å². The molecule has 6 heteroatoms. The molecule has 0 aliphatic carbocycles. The summed E-state index contributed by atoms with van der Waals surface area (Å²) in [5.41, 5.74) is 2.27. The predicted molar refractivity (Wildman–Crippen MR) is 80.0 cm³/mol. The number of aromatic nitrogens is 2. The smallest absolute Gasteiger partial charge is 0.150 e. The second-order valence-electron chi connectivity index (χ2n) is 3.96. The van der Waals surface area contributed by atoms with Crippen molar-refractivity contribution in [3.05, 3.63) is 17.3 Å². The van der Waals surface area contributed by atoms with Crippen LogP contribution in [-0.2, 0) is 4.74 Å². The average molecular weight is 330 g/mol. The van der Waals surface area contributed by atoms with Crippen molar-refractivity contribution in [2.24, 2.45) is 0 Å². The third kappa shape index (κ3) is 2.81. The number of halogens is 1. The normalized spacial score (nSPS) is 11.1. The highest BCUT2D eigenvalue weighted by atomic mass is 79.9. The maximum atomic E-state index is 5.16. The number of anilines is 1. The Labute approximate surface area is 119 Å². The summed E-state index contributed by atoms with van der Waals surface area (Å²) in [5, 5.41) is 3.04. The van der Waals surface area contributed by atoms with Crippen LogP contribution in [0.2, 0.25) is 0 Å². The van der Waals surface area contributed by atoms with Gasteiger partial charge in [0.1, 0.15) is 12.1 Å². The molecule has 0 aliphatic rings. The van der Waals surface area contributed by atoms with Gasteiger partial charge in [0.25, 0.3) is 0 Å². The molecule has 0 spiro atoms. The number of nitrogens with zero attached hydrogens (tertiary/aromatic N) is 3. The van der Waals surface area contributed by atoms with Crippen molar-refractivity contribution in [1.29, 1.82) is 0 Å². The Hall–Kier alpha value is -0.720. The van der Waals surface area contributed by atoms with Crippen LogP contribution in [0.3, 0.4) is 0 Å². The van der Waals surface area contributed by atoms with Crippen LogP contribution in [-0.4, -0.2) is 42.1 Å². The fraction of sp³-hybridized carbons (Fsp3) is 0.500. The Balaban J connectivity index is 2.36. The third-order valence-electron chi connectivity index (χ3n) is 2.73. The molecule has 4 nitrogen and oxygen atoms in total. The minimum Gasteiger partial charge on any atom is -0.383 e. The van der Waals surface area contributed by atoms with E-state index in [4.69, 9.17) is 4.74 Å². The number of hydrogen-bond donors (Lipinski definition) is 0. The highest BCUT2D eigenvalue weighted by molar-refractivity contribution is 9.09. The van der Waals surface area contributed by atoms with Crippen molar-refractivity contribution in [3.8, 4) is 0 Å². The van der Waals surface area contributed by atoms with Crippen LogP contribution in [0.25, 0.3) is 10.2 Å². The van der Waals surface area contributed by atoms with E-state index < -0.39 is 0 Å². The third-order valence-corrected chi connectivity index (χ3v) is 4.17. The van der Waals surface area contributed by atoms with Crippen molar-refractivity contribution in [1.82, 2.24) is 9.97 Å². The van der Waals surface area contributed by atoms with E-state index in [-0.39, 0.29) is 0 Å². The van der Waals surface area contributed by atoms with Gasteiger partial charge in [-0.3, -0.25) is 0 Å². The summed E-state index contributed by atoms with van der Waals surface area (Å²) in [4.78, 5) is 11.0. The van der Waals surface area contributed by atoms with Gasteiger partial charge in [-0.25, -0.2) is 9.97 Å². The Kier molecular flexibility index (Phi) is 4.91. The lowest BCUT2D eigenvalue weighted by atomic mass is 10.3. The van der Waals surface area contributed by atoms with Crippen LogP contribution in [0.1, 0.15) is 5.56 Å². The summed E-state index contributed by atoms with van der Waals surface area (Å²) in [6.07, 6.45) is 1.64. The maximum Gasteiger partial charge on any atom is 0.150 e. The Morgan fingerprint density at radius 1 is 1.39 bits per heavy atom. The van der Waals surface area contributed by atoms with E-state index in [1.54, 1.807) is 24.8 Å². The molecule has 2 rings (SSSR count). The molecular weight excluding hydrogens is 314 g/mol. The van der Waals surface area contributed by atoms with E-state index in [0.29, 0.717) is 6.61 Å². The molecule has 2 heterocycles. The largest absolute Gasteiger partial charge is 0.383 e. The van der Waals surface area contributed by atoms with Crippen LogP contribution in [0.15, 0.2) is 11.7 Å². The van der Waals surface area contributed by atoms with Crippen LogP contribution in [0.4, 0.5) is 5.82 Å². The molecule has 18 heavy (non-hydrogen) atoms. The molecule has 0 radical (unpaired) electrons. The van der Waals surface area contributed by atoms with E-state index in [1.807, 2.05) is 0 Å². The van der Waals surface area contributed by atoms with Gasteiger partial charge in [-0.2, -0.15) is 0 Å². The molecule has 0 aliphatic heterocycles. The number of alkyl halides is 1. The first-order valence-electron chi connectivity index (χ1n) is 5.76. The van der Waals surface area contributed by atoms with Crippen LogP contribution >= 0.6 is 27.3 Å². The summed E-state index contributed by atoms with van der Waals surface area (Å²) in [7, 11) is 1.72. The van der Waals surface area contributed by atoms with Crippen LogP contribution < -0.4 is 4.90 Å². The molecule has 2 aromatic heterocycles. The van der Waals surface area contributed by atoms with Gasteiger partial charge in [-0.1, -0.05) is 15.9 Å². The number of methoxy groups -OCH3 is 1. The van der Waals surface area contributed by atoms with Gasteiger partial charge in [0, 0.05) is 25.5 Å². The monoisotopic (exact) mass is 329 g/mol. The highest BCUT2D eigenvalue weighted by Crippen LogP contribution is 2.30. The molecule has 0 aromatic carbocycles. The SMILES string of the molecule is COCCN(CCBr)c1ncnc2c(C)csc12. The topological polar surface area (TPSA) is 38.2 Å². The number of fused-ring (bicyclic) bond motifs is 1. The second kappa shape index (κ2) is 6.45. The molecule has 0 N–H and O–H groups in total. The van der Waals surface area contributed by atoms with Crippen molar-refractivity contribution >= 4 is 43.3 Å². The van der Waals surface area contributed by atoms with Gasteiger partial charge in [0.05, 0.1) is 16.8 Å². The first-order chi connectivity index (χ1) is 8.77. The van der Waals surface area contributed by atoms with Gasteiger partial charge in [-0.05, 0) is 17.9 Å². The predicted octanol–water partition coefficient (Wildman–Crippen LogP) is 2.85. The van der Waals surface area contributed by atoms with Crippen molar-refractivity contribution in [2.45, 2.75) is 6.92 Å². The first-order valence-corrected chi connectivity index (χ1v) is 7.76. The van der Waals surface area contributed by atoms with Crippen LogP contribution in [0, 0.1) is 6.92 Å². The Morgan fingerprint density at radius 2 is 2.22 bits per heavy atom. The van der Waals surface area contributed by atoms with Crippen molar-refractivity contribution in [2.75, 3.05) is 37.0 Å². The molecule has 98 valence electrons. The second-order valence-corrected chi connectivity index (χ2v) is 5.64. The summed E-state index contributed by atoms with van der Waals surface area (Å²) in [5.74, 6) is 1.01. The molecular formula is C12H16BrN3OS. The quantitative estimate of drug-likeness (QED) is 0.764. The van der Waals surface area contributed by atoms with Gasteiger partial charge in [0.2, 0.25) is 0 Å². The number of rotatable bonds is 6. The van der Waals surface area contributed by atoms with Crippen LogP contribution in [0.5, 0.6) is 0 Å². The lowest BCUT2D eigenvalue weighted by molar-refractivity contribution is 0.205. The zero-order valence-electron chi connectivity index (χ0n) is 10.5.